The molecule has 0 unspecified atom stereocenters. The second kappa shape index (κ2) is 12.5. The number of hydrogen-bond acceptors (Lipinski definition) is 4. The van der Waals surface area contributed by atoms with E-state index in [9.17, 15) is 18.0 Å². The summed E-state index contributed by atoms with van der Waals surface area (Å²) in [5.74, 6) is -0.760. The highest BCUT2D eigenvalue weighted by molar-refractivity contribution is 7.92. The number of hydrogen-bond donors (Lipinski definition) is 1. The summed E-state index contributed by atoms with van der Waals surface area (Å²) >= 11 is 12.3. The number of sulfonamides is 1. The molecule has 1 fully saturated rings. The molecule has 0 radical (unpaired) electrons. The normalized spacial score (nSPS) is 15.2. The van der Waals surface area contributed by atoms with E-state index in [0.717, 1.165) is 53.8 Å². The summed E-state index contributed by atoms with van der Waals surface area (Å²) < 4.78 is 26.8. The van der Waals surface area contributed by atoms with Crippen LogP contribution in [0.5, 0.6) is 0 Å². The quantitative estimate of drug-likeness (QED) is 0.448. The van der Waals surface area contributed by atoms with Crippen molar-refractivity contribution in [2.45, 2.75) is 71.5 Å². The fraction of sp³-hybridized carbons (Fsp3) is 0.481. The Morgan fingerprint density at radius 3 is 2.22 bits per heavy atom. The van der Waals surface area contributed by atoms with E-state index < -0.39 is 28.5 Å². The molecule has 2 aromatic carbocycles. The van der Waals surface area contributed by atoms with Gasteiger partial charge in [-0.3, -0.25) is 13.9 Å². The third kappa shape index (κ3) is 7.62. The van der Waals surface area contributed by atoms with Crippen molar-refractivity contribution in [3.8, 4) is 0 Å². The summed E-state index contributed by atoms with van der Waals surface area (Å²) in [5, 5.41) is 3.79. The van der Waals surface area contributed by atoms with Gasteiger partial charge in [0.1, 0.15) is 12.6 Å². The molecule has 7 nitrogen and oxygen atoms in total. The second-order valence-corrected chi connectivity index (χ2v) is 12.5. The number of anilines is 1. The Kier molecular flexibility index (Phi) is 9.89. The Labute approximate surface area is 230 Å². The average Bonchev–Trinajstić information content (AvgIpc) is 2.83. The molecule has 0 heterocycles. The minimum atomic E-state index is -3.80. The maximum absolute atomic E-state index is 13.8. The lowest BCUT2D eigenvalue weighted by Gasteiger charge is -2.33. The number of aryl methyl sites for hydroxylation is 2. The molecule has 0 bridgehead atoms. The predicted molar refractivity (Wildman–Crippen MR) is 150 cm³/mol. The molecule has 1 atom stereocenters. The third-order valence-corrected chi connectivity index (χ3v) is 8.68. The van der Waals surface area contributed by atoms with Crippen LogP contribution in [0.25, 0.3) is 0 Å². The van der Waals surface area contributed by atoms with Gasteiger partial charge in [0.15, 0.2) is 0 Å². The Hall–Kier alpha value is -2.29. The SMILES string of the molecule is Cc1cccc(C)c1N(CC(=O)N(Cc1ccc(Cl)c(Cl)c1)[C@@H](C)C(=O)NC1CCCCC1)S(C)(=O)=O. The van der Waals surface area contributed by atoms with Crippen molar-refractivity contribution in [3.05, 3.63) is 63.1 Å². The lowest BCUT2D eigenvalue weighted by molar-refractivity contribution is -0.139. The zero-order valence-electron chi connectivity index (χ0n) is 21.8. The number of carbonyl (C=O) groups excluding carboxylic acids is 2. The number of nitrogens with zero attached hydrogens (tertiary/aromatic N) is 2. The van der Waals surface area contributed by atoms with Gasteiger partial charge in [-0.15, -0.1) is 0 Å². The molecule has 202 valence electrons. The maximum Gasteiger partial charge on any atom is 0.244 e. The first-order valence-corrected chi connectivity index (χ1v) is 15.1. The van der Waals surface area contributed by atoms with Crippen LogP contribution in [-0.4, -0.2) is 50.0 Å². The number of nitrogens with one attached hydrogen (secondary N) is 1. The van der Waals surface area contributed by atoms with Gasteiger partial charge in [-0.05, 0) is 62.4 Å². The van der Waals surface area contributed by atoms with Crippen LogP contribution in [-0.2, 0) is 26.2 Å². The largest absolute Gasteiger partial charge is 0.352 e. The molecular formula is C27H35Cl2N3O4S. The highest BCUT2D eigenvalue weighted by atomic mass is 35.5. The van der Waals surface area contributed by atoms with E-state index in [1.165, 1.54) is 4.90 Å². The van der Waals surface area contributed by atoms with Crippen LogP contribution in [0.15, 0.2) is 36.4 Å². The Bertz CT molecular complexity index is 1230. The molecule has 1 saturated carbocycles. The molecule has 0 aliphatic heterocycles. The van der Waals surface area contributed by atoms with E-state index in [0.29, 0.717) is 21.3 Å². The molecule has 37 heavy (non-hydrogen) atoms. The van der Waals surface area contributed by atoms with Gasteiger partial charge < -0.3 is 10.2 Å². The minimum absolute atomic E-state index is 0.0688. The number of rotatable bonds is 9. The minimum Gasteiger partial charge on any atom is -0.352 e. The van der Waals surface area contributed by atoms with Crippen LogP contribution in [0.2, 0.25) is 10.0 Å². The number of para-hydroxylation sites is 1. The average molecular weight is 569 g/mol. The third-order valence-electron chi connectivity index (χ3n) is 6.82. The van der Waals surface area contributed by atoms with E-state index in [4.69, 9.17) is 23.2 Å². The van der Waals surface area contributed by atoms with Gasteiger partial charge in [0.25, 0.3) is 0 Å². The summed E-state index contributed by atoms with van der Waals surface area (Å²) in [6, 6.07) is 9.71. The van der Waals surface area contributed by atoms with Crippen LogP contribution < -0.4 is 9.62 Å². The van der Waals surface area contributed by atoms with Gasteiger partial charge in [0, 0.05) is 12.6 Å². The monoisotopic (exact) mass is 567 g/mol. The first-order valence-electron chi connectivity index (χ1n) is 12.5. The smallest absolute Gasteiger partial charge is 0.244 e. The number of halogens is 2. The van der Waals surface area contributed by atoms with Crippen LogP contribution in [0.4, 0.5) is 5.69 Å². The fourth-order valence-corrected chi connectivity index (χ4v) is 6.05. The van der Waals surface area contributed by atoms with Crippen LogP contribution in [0.1, 0.15) is 55.7 Å². The number of amides is 2. The van der Waals surface area contributed by atoms with Crippen molar-refractivity contribution in [1.82, 2.24) is 10.2 Å². The Balaban J connectivity index is 1.93. The summed E-state index contributed by atoms with van der Waals surface area (Å²) in [4.78, 5) is 28.4. The van der Waals surface area contributed by atoms with E-state index in [1.54, 1.807) is 51.1 Å². The molecule has 2 aromatic rings. The van der Waals surface area contributed by atoms with Gasteiger partial charge in [0.2, 0.25) is 21.8 Å². The molecule has 0 spiro atoms. The highest BCUT2D eigenvalue weighted by Gasteiger charge is 2.32. The predicted octanol–water partition coefficient (Wildman–Crippen LogP) is 5.24. The van der Waals surface area contributed by atoms with E-state index in [2.05, 4.69) is 5.32 Å². The zero-order chi connectivity index (χ0) is 27.3. The fourth-order valence-electron chi connectivity index (χ4n) is 4.76. The zero-order valence-corrected chi connectivity index (χ0v) is 24.1. The molecular weight excluding hydrogens is 533 g/mol. The van der Waals surface area contributed by atoms with Crippen LogP contribution in [0.3, 0.4) is 0 Å². The van der Waals surface area contributed by atoms with Crippen molar-refractivity contribution in [3.63, 3.8) is 0 Å². The van der Waals surface area contributed by atoms with Gasteiger partial charge in [0.05, 0.1) is 22.0 Å². The second-order valence-electron chi connectivity index (χ2n) is 9.80. The summed E-state index contributed by atoms with van der Waals surface area (Å²) in [7, 11) is -3.80. The topological polar surface area (TPSA) is 86.8 Å². The molecule has 1 aliphatic carbocycles. The van der Waals surface area contributed by atoms with Gasteiger partial charge in [-0.25, -0.2) is 8.42 Å². The van der Waals surface area contributed by atoms with Crippen LogP contribution >= 0.6 is 23.2 Å². The van der Waals surface area contributed by atoms with E-state index in [1.807, 2.05) is 6.07 Å². The first kappa shape index (κ1) is 29.3. The first-order chi connectivity index (χ1) is 17.4. The van der Waals surface area contributed by atoms with Crippen molar-refractivity contribution in [1.29, 1.82) is 0 Å². The van der Waals surface area contributed by atoms with E-state index in [-0.39, 0.29) is 18.5 Å². The molecule has 3 rings (SSSR count). The van der Waals surface area contributed by atoms with Gasteiger partial charge in [-0.1, -0.05) is 66.7 Å². The van der Waals surface area contributed by atoms with Gasteiger partial charge >= 0.3 is 0 Å². The van der Waals surface area contributed by atoms with Crippen molar-refractivity contribution >= 4 is 50.7 Å². The number of benzene rings is 2. The summed E-state index contributed by atoms with van der Waals surface area (Å²) in [6.45, 7) is 4.90. The number of carbonyl (C=O) groups is 2. The molecule has 1 N–H and O–H groups in total. The molecule has 10 heteroatoms. The lowest BCUT2D eigenvalue weighted by atomic mass is 9.95. The molecule has 0 saturated heterocycles. The van der Waals surface area contributed by atoms with Crippen molar-refractivity contribution in [2.75, 3.05) is 17.1 Å². The summed E-state index contributed by atoms with van der Waals surface area (Å²) in [5.41, 5.74) is 2.61. The van der Waals surface area contributed by atoms with Crippen molar-refractivity contribution < 1.29 is 18.0 Å². The Morgan fingerprint density at radius 1 is 1.03 bits per heavy atom. The summed E-state index contributed by atoms with van der Waals surface area (Å²) in [6.07, 6.45) is 6.17. The van der Waals surface area contributed by atoms with Gasteiger partial charge in [-0.2, -0.15) is 0 Å². The molecule has 2 amide bonds. The van der Waals surface area contributed by atoms with Crippen molar-refractivity contribution in [2.24, 2.45) is 0 Å². The van der Waals surface area contributed by atoms with Crippen LogP contribution in [0, 0.1) is 13.8 Å². The standard InChI is InChI=1S/C27H35Cl2N3O4S/c1-18-9-8-10-19(2)26(18)32(37(4,35)36)17-25(33)31(16-21-13-14-23(28)24(29)15-21)20(3)27(34)30-22-11-6-5-7-12-22/h8-10,13-15,20,22H,5-7,11-12,16-17H2,1-4H3,(H,30,34)/t20-/m0/s1. The molecule has 1 aliphatic rings. The maximum atomic E-state index is 13.8. The Morgan fingerprint density at radius 2 is 1.65 bits per heavy atom. The lowest BCUT2D eigenvalue weighted by Crippen LogP contribution is -2.53. The highest BCUT2D eigenvalue weighted by Crippen LogP contribution is 2.28. The van der Waals surface area contributed by atoms with E-state index >= 15 is 0 Å². The molecule has 0 aromatic heterocycles.